The van der Waals surface area contributed by atoms with Gasteiger partial charge in [-0.25, -0.2) is 4.39 Å². The Labute approximate surface area is 118 Å². The Balaban J connectivity index is 2.13. The Morgan fingerprint density at radius 3 is 2.70 bits per heavy atom. The molecule has 0 aliphatic heterocycles. The quantitative estimate of drug-likeness (QED) is 0.852. The van der Waals surface area contributed by atoms with Crippen LogP contribution in [-0.2, 0) is 6.54 Å². The van der Waals surface area contributed by atoms with Gasteiger partial charge in [0.05, 0.1) is 11.1 Å². The average Bonchev–Trinajstić information content (AvgIpc) is 2.49. The largest absolute Gasteiger partial charge is 0.389 e. The molecule has 0 fully saturated rings. The zero-order valence-corrected chi connectivity index (χ0v) is 12.0. The molecule has 0 bridgehead atoms. The van der Waals surface area contributed by atoms with Gasteiger partial charge in [-0.05, 0) is 36.6 Å². The van der Waals surface area contributed by atoms with Crippen LogP contribution < -0.4 is 5.32 Å². The highest BCUT2D eigenvalue weighted by atomic mass is 19.1. The Morgan fingerprint density at radius 2 is 2.00 bits per heavy atom. The lowest BCUT2D eigenvalue weighted by Gasteiger charge is -2.25. The number of aromatic nitrogens is 1. The summed E-state index contributed by atoms with van der Waals surface area (Å²) in [5, 5.41) is 14.0. The van der Waals surface area contributed by atoms with Crippen molar-refractivity contribution in [1.29, 1.82) is 0 Å². The number of hydrogen-bond donors (Lipinski definition) is 2. The maximum absolute atomic E-state index is 13.7. The first kappa shape index (κ1) is 14.9. The van der Waals surface area contributed by atoms with E-state index in [9.17, 15) is 9.50 Å². The number of benzene rings is 1. The molecule has 2 aromatic rings. The lowest BCUT2D eigenvalue weighted by Crippen LogP contribution is -2.39. The number of halogens is 1. The predicted octanol–water partition coefficient (Wildman–Crippen LogP) is 3.01. The van der Waals surface area contributed by atoms with Gasteiger partial charge in [0.1, 0.15) is 5.82 Å². The van der Waals surface area contributed by atoms with Crippen molar-refractivity contribution in [2.24, 2.45) is 0 Å². The van der Waals surface area contributed by atoms with Crippen LogP contribution in [0.15, 0.2) is 30.5 Å². The van der Waals surface area contributed by atoms with Gasteiger partial charge < -0.3 is 10.4 Å². The molecule has 0 amide bonds. The van der Waals surface area contributed by atoms with Crippen LogP contribution >= 0.6 is 0 Å². The molecule has 0 aliphatic rings. The van der Waals surface area contributed by atoms with Crippen LogP contribution in [0.1, 0.15) is 32.3 Å². The predicted molar refractivity (Wildman–Crippen MR) is 78.9 cm³/mol. The number of pyridine rings is 1. The lowest BCUT2D eigenvalue weighted by molar-refractivity contribution is 0.0323. The van der Waals surface area contributed by atoms with E-state index in [0.29, 0.717) is 36.8 Å². The third-order valence-electron chi connectivity index (χ3n) is 3.89. The molecule has 3 nitrogen and oxygen atoms in total. The van der Waals surface area contributed by atoms with E-state index in [-0.39, 0.29) is 5.82 Å². The van der Waals surface area contributed by atoms with Crippen LogP contribution in [-0.4, -0.2) is 22.2 Å². The topological polar surface area (TPSA) is 45.1 Å². The van der Waals surface area contributed by atoms with Gasteiger partial charge in [0, 0.05) is 24.7 Å². The second-order valence-corrected chi connectivity index (χ2v) is 5.14. The molecule has 2 N–H and O–H groups in total. The van der Waals surface area contributed by atoms with Crippen LogP contribution in [0, 0.1) is 5.82 Å². The van der Waals surface area contributed by atoms with E-state index in [4.69, 9.17) is 0 Å². The van der Waals surface area contributed by atoms with Gasteiger partial charge in [-0.15, -0.1) is 0 Å². The van der Waals surface area contributed by atoms with Crippen molar-refractivity contribution in [2.45, 2.75) is 38.8 Å². The Bertz CT molecular complexity index is 582. The summed E-state index contributed by atoms with van der Waals surface area (Å²) in [7, 11) is 0. The van der Waals surface area contributed by atoms with Gasteiger partial charge in [-0.3, -0.25) is 4.98 Å². The molecule has 0 atom stereocenters. The Hall–Kier alpha value is -1.52. The second kappa shape index (κ2) is 6.29. The van der Waals surface area contributed by atoms with Crippen molar-refractivity contribution in [3.05, 3.63) is 41.8 Å². The number of fused-ring (bicyclic) bond motifs is 1. The van der Waals surface area contributed by atoms with Gasteiger partial charge in [0.25, 0.3) is 0 Å². The molecule has 1 aromatic carbocycles. The van der Waals surface area contributed by atoms with E-state index in [1.807, 2.05) is 13.8 Å². The monoisotopic (exact) mass is 276 g/mol. The first-order chi connectivity index (χ1) is 9.59. The van der Waals surface area contributed by atoms with Gasteiger partial charge >= 0.3 is 0 Å². The molecule has 1 aromatic heterocycles. The van der Waals surface area contributed by atoms with E-state index in [0.717, 1.165) is 5.56 Å². The molecule has 108 valence electrons. The van der Waals surface area contributed by atoms with Crippen molar-refractivity contribution in [1.82, 2.24) is 10.3 Å². The molecule has 0 spiro atoms. The average molecular weight is 276 g/mol. The maximum atomic E-state index is 13.7. The van der Waals surface area contributed by atoms with E-state index in [1.165, 1.54) is 6.07 Å². The molecular weight excluding hydrogens is 255 g/mol. The molecular formula is C16H21FN2O. The molecule has 0 aliphatic carbocycles. The minimum Gasteiger partial charge on any atom is -0.389 e. The maximum Gasteiger partial charge on any atom is 0.132 e. The number of nitrogens with one attached hydrogen (secondary N) is 1. The SMILES string of the molecule is CCC(O)(CC)CNCc1ccc(F)c2cccnc12. The highest BCUT2D eigenvalue weighted by Gasteiger charge is 2.21. The zero-order chi connectivity index (χ0) is 14.6. The van der Waals surface area contributed by atoms with Crippen molar-refractivity contribution in [3.63, 3.8) is 0 Å². The Morgan fingerprint density at radius 1 is 1.25 bits per heavy atom. The molecule has 20 heavy (non-hydrogen) atoms. The van der Waals surface area contributed by atoms with Crippen molar-refractivity contribution >= 4 is 10.9 Å². The van der Waals surface area contributed by atoms with Crippen molar-refractivity contribution in [2.75, 3.05) is 6.54 Å². The first-order valence-electron chi connectivity index (χ1n) is 7.05. The fourth-order valence-corrected chi connectivity index (χ4v) is 2.27. The van der Waals surface area contributed by atoms with E-state index >= 15 is 0 Å². The second-order valence-electron chi connectivity index (χ2n) is 5.14. The van der Waals surface area contributed by atoms with Crippen molar-refractivity contribution < 1.29 is 9.50 Å². The molecule has 1 heterocycles. The fourth-order valence-electron chi connectivity index (χ4n) is 2.27. The van der Waals surface area contributed by atoms with Gasteiger partial charge in [0.15, 0.2) is 0 Å². The van der Waals surface area contributed by atoms with E-state index < -0.39 is 5.60 Å². The Kier molecular flexibility index (Phi) is 4.68. The van der Waals surface area contributed by atoms with Gasteiger partial charge in [-0.2, -0.15) is 0 Å². The van der Waals surface area contributed by atoms with Crippen LogP contribution in [0.2, 0.25) is 0 Å². The fraction of sp³-hybridized carbons (Fsp3) is 0.438. The summed E-state index contributed by atoms with van der Waals surface area (Å²) in [4.78, 5) is 4.25. The number of hydrogen-bond acceptors (Lipinski definition) is 3. The summed E-state index contributed by atoms with van der Waals surface area (Å²) in [6, 6.07) is 6.67. The van der Waals surface area contributed by atoms with Gasteiger partial charge in [0.2, 0.25) is 0 Å². The zero-order valence-electron chi connectivity index (χ0n) is 12.0. The highest BCUT2D eigenvalue weighted by molar-refractivity contribution is 5.82. The molecule has 0 saturated carbocycles. The van der Waals surface area contributed by atoms with E-state index in [1.54, 1.807) is 24.4 Å². The summed E-state index contributed by atoms with van der Waals surface area (Å²) >= 11 is 0. The normalized spacial score (nSPS) is 12.0. The molecule has 2 rings (SSSR count). The summed E-state index contributed by atoms with van der Waals surface area (Å²) in [5.74, 6) is -0.254. The van der Waals surface area contributed by atoms with E-state index in [2.05, 4.69) is 10.3 Å². The minimum absolute atomic E-state index is 0.254. The molecule has 0 unspecified atom stereocenters. The summed E-state index contributed by atoms with van der Waals surface area (Å²) in [5.41, 5.74) is 0.941. The van der Waals surface area contributed by atoms with Crippen LogP contribution in [0.4, 0.5) is 4.39 Å². The standard InChI is InChI=1S/C16H21FN2O/c1-3-16(20,4-2)11-18-10-12-7-8-14(17)13-6-5-9-19-15(12)13/h5-9,18,20H,3-4,10-11H2,1-2H3. The summed E-state index contributed by atoms with van der Waals surface area (Å²) in [6.45, 7) is 5.03. The minimum atomic E-state index is -0.677. The highest BCUT2D eigenvalue weighted by Crippen LogP contribution is 2.20. The lowest BCUT2D eigenvalue weighted by atomic mass is 9.97. The molecule has 4 heteroatoms. The van der Waals surface area contributed by atoms with Crippen LogP contribution in [0.25, 0.3) is 10.9 Å². The first-order valence-corrected chi connectivity index (χ1v) is 7.05. The third-order valence-corrected chi connectivity index (χ3v) is 3.89. The van der Waals surface area contributed by atoms with Crippen LogP contribution in [0.5, 0.6) is 0 Å². The number of nitrogens with zero attached hydrogens (tertiary/aromatic N) is 1. The third kappa shape index (κ3) is 3.14. The summed E-state index contributed by atoms with van der Waals surface area (Å²) < 4.78 is 13.7. The van der Waals surface area contributed by atoms with Crippen molar-refractivity contribution in [3.8, 4) is 0 Å². The van der Waals surface area contributed by atoms with Gasteiger partial charge in [-0.1, -0.05) is 19.9 Å². The van der Waals surface area contributed by atoms with Crippen LogP contribution in [0.3, 0.4) is 0 Å². The molecule has 0 saturated heterocycles. The summed E-state index contributed by atoms with van der Waals surface area (Å²) in [6.07, 6.45) is 3.08. The smallest absolute Gasteiger partial charge is 0.132 e. The number of aliphatic hydroxyl groups is 1. The number of rotatable bonds is 6. The molecule has 0 radical (unpaired) electrons.